The maximum atomic E-state index is 10.7. The fourth-order valence-corrected chi connectivity index (χ4v) is 1.27. The maximum Gasteiger partial charge on any atom is 0.395 e. The SMILES string of the molecule is CCCCC(CC)CNNC(=O)C(=O)O. The van der Waals surface area contributed by atoms with E-state index >= 15 is 0 Å². The molecule has 5 nitrogen and oxygen atoms in total. The Morgan fingerprint density at radius 2 is 2.00 bits per heavy atom. The van der Waals surface area contributed by atoms with E-state index in [-0.39, 0.29) is 0 Å². The highest BCUT2D eigenvalue weighted by molar-refractivity contribution is 6.31. The summed E-state index contributed by atoms with van der Waals surface area (Å²) in [6.45, 7) is 4.84. The van der Waals surface area contributed by atoms with Crippen LogP contribution < -0.4 is 10.9 Å². The Morgan fingerprint density at radius 1 is 1.33 bits per heavy atom. The Labute approximate surface area is 90.2 Å². The molecule has 0 aliphatic heterocycles. The molecule has 0 aliphatic rings. The first-order valence-corrected chi connectivity index (χ1v) is 5.37. The molecule has 1 amide bonds. The number of carboxylic acids is 1. The summed E-state index contributed by atoms with van der Waals surface area (Å²) in [7, 11) is 0. The molecule has 0 aromatic carbocycles. The molecule has 0 rings (SSSR count). The molecule has 15 heavy (non-hydrogen) atoms. The summed E-state index contributed by atoms with van der Waals surface area (Å²) < 4.78 is 0. The predicted molar refractivity (Wildman–Crippen MR) is 57.1 cm³/mol. The largest absolute Gasteiger partial charge is 0.474 e. The minimum atomic E-state index is -1.47. The third-order valence-corrected chi connectivity index (χ3v) is 2.33. The van der Waals surface area contributed by atoms with Crippen molar-refractivity contribution in [1.82, 2.24) is 10.9 Å². The molecule has 0 saturated carbocycles. The number of unbranched alkanes of at least 4 members (excludes halogenated alkanes) is 1. The van der Waals surface area contributed by atoms with Gasteiger partial charge in [0.1, 0.15) is 0 Å². The zero-order valence-corrected chi connectivity index (χ0v) is 9.38. The Kier molecular flexibility index (Phi) is 7.62. The zero-order chi connectivity index (χ0) is 11.7. The van der Waals surface area contributed by atoms with Crippen LogP contribution in [0.15, 0.2) is 0 Å². The smallest absolute Gasteiger partial charge is 0.395 e. The molecular formula is C10H20N2O3. The number of hydrazine groups is 1. The van der Waals surface area contributed by atoms with E-state index in [1.165, 1.54) is 0 Å². The topological polar surface area (TPSA) is 78.4 Å². The number of nitrogens with one attached hydrogen (secondary N) is 2. The van der Waals surface area contributed by atoms with Crippen LogP contribution in [0.5, 0.6) is 0 Å². The van der Waals surface area contributed by atoms with Crippen molar-refractivity contribution in [1.29, 1.82) is 0 Å². The molecule has 0 spiro atoms. The molecule has 0 aromatic rings. The van der Waals surface area contributed by atoms with Crippen molar-refractivity contribution >= 4 is 11.9 Å². The number of rotatable bonds is 7. The normalized spacial score (nSPS) is 12.1. The van der Waals surface area contributed by atoms with Crippen molar-refractivity contribution in [3.63, 3.8) is 0 Å². The number of hydrogen-bond donors (Lipinski definition) is 3. The van der Waals surface area contributed by atoms with Crippen LogP contribution in [0.4, 0.5) is 0 Å². The van der Waals surface area contributed by atoms with Gasteiger partial charge in [0.15, 0.2) is 0 Å². The van der Waals surface area contributed by atoms with E-state index in [4.69, 9.17) is 5.11 Å². The summed E-state index contributed by atoms with van der Waals surface area (Å²) in [6.07, 6.45) is 4.43. The van der Waals surface area contributed by atoms with E-state index in [1.54, 1.807) is 0 Å². The van der Waals surface area contributed by atoms with Crippen molar-refractivity contribution in [2.75, 3.05) is 6.54 Å². The highest BCUT2D eigenvalue weighted by Crippen LogP contribution is 2.10. The minimum Gasteiger partial charge on any atom is -0.474 e. The Bertz CT molecular complexity index is 207. The van der Waals surface area contributed by atoms with Crippen molar-refractivity contribution in [2.24, 2.45) is 5.92 Å². The van der Waals surface area contributed by atoms with Crippen LogP contribution in [0, 0.1) is 5.92 Å². The van der Waals surface area contributed by atoms with Gasteiger partial charge in [0.25, 0.3) is 0 Å². The molecule has 0 aromatic heterocycles. The molecule has 0 bridgehead atoms. The minimum absolute atomic E-state index is 0.485. The van der Waals surface area contributed by atoms with Gasteiger partial charge in [-0.25, -0.2) is 10.2 Å². The molecule has 3 N–H and O–H groups in total. The Hall–Kier alpha value is -1.10. The lowest BCUT2D eigenvalue weighted by molar-refractivity contribution is -0.150. The molecule has 1 unspecified atom stereocenters. The second kappa shape index (κ2) is 8.23. The van der Waals surface area contributed by atoms with E-state index in [2.05, 4.69) is 24.7 Å². The van der Waals surface area contributed by atoms with Gasteiger partial charge in [-0.2, -0.15) is 0 Å². The van der Waals surface area contributed by atoms with Crippen LogP contribution in [0.2, 0.25) is 0 Å². The molecular weight excluding hydrogens is 196 g/mol. The van der Waals surface area contributed by atoms with Crippen LogP contribution in [-0.4, -0.2) is 23.5 Å². The Balaban J connectivity index is 3.62. The number of carbonyl (C=O) groups is 2. The van der Waals surface area contributed by atoms with Crippen molar-refractivity contribution in [2.45, 2.75) is 39.5 Å². The van der Waals surface area contributed by atoms with Gasteiger partial charge in [0, 0.05) is 6.54 Å². The molecule has 0 fully saturated rings. The van der Waals surface area contributed by atoms with Crippen molar-refractivity contribution < 1.29 is 14.7 Å². The van der Waals surface area contributed by atoms with Crippen LogP contribution in [-0.2, 0) is 9.59 Å². The van der Waals surface area contributed by atoms with Gasteiger partial charge < -0.3 is 5.11 Å². The van der Waals surface area contributed by atoms with Crippen LogP contribution in [0.25, 0.3) is 0 Å². The molecule has 0 saturated heterocycles. The number of carbonyl (C=O) groups excluding carboxylic acids is 1. The van der Waals surface area contributed by atoms with Gasteiger partial charge >= 0.3 is 11.9 Å². The second-order valence-corrected chi connectivity index (χ2v) is 3.56. The van der Waals surface area contributed by atoms with Gasteiger partial charge in [-0.15, -0.1) is 0 Å². The number of hydrogen-bond acceptors (Lipinski definition) is 3. The first kappa shape index (κ1) is 13.9. The average Bonchev–Trinajstić information content (AvgIpc) is 2.22. The first-order chi connectivity index (χ1) is 7.11. The van der Waals surface area contributed by atoms with E-state index < -0.39 is 11.9 Å². The van der Waals surface area contributed by atoms with E-state index in [1.807, 2.05) is 0 Å². The highest BCUT2D eigenvalue weighted by atomic mass is 16.4. The number of carboxylic acid groups (broad SMARTS) is 1. The molecule has 0 radical (unpaired) electrons. The summed E-state index contributed by atoms with van der Waals surface area (Å²) in [4.78, 5) is 20.8. The van der Waals surface area contributed by atoms with Crippen molar-refractivity contribution in [3.05, 3.63) is 0 Å². The molecule has 5 heteroatoms. The summed E-state index contributed by atoms with van der Waals surface area (Å²) in [6, 6.07) is 0. The lowest BCUT2D eigenvalue weighted by Crippen LogP contribution is -2.43. The average molecular weight is 216 g/mol. The monoisotopic (exact) mass is 216 g/mol. The molecule has 1 atom stereocenters. The molecule has 88 valence electrons. The third-order valence-electron chi connectivity index (χ3n) is 2.33. The molecule has 0 heterocycles. The standard InChI is InChI=1S/C10H20N2O3/c1-3-5-6-8(4-2)7-11-12-9(13)10(14)15/h8,11H,3-7H2,1-2H3,(H,12,13)(H,14,15). The summed E-state index contributed by atoms with van der Waals surface area (Å²) in [5.74, 6) is -2.00. The van der Waals surface area contributed by atoms with E-state index in [0.29, 0.717) is 12.5 Å². The second-order valence-electron chi connectivity index (χ2n) is 3.56. The quantitative estimate of drug-likeness (QED) is 0.436. The molecule has 0 aliphatic carbocycles. The van der Waals surface area contributed by atoms with Gasteiger partial charge in [0.05, 0.1) is 0 Å². The summed E-state index contributed by atoms with van der Waals surface area (Å²) in [5, 5.41) is 8.29. The van der Waals surface area contributed by atoms with Gasteiger partial charge in [-0.05, 0) is 12.3 Å². The maximum absolute atomic E-state index is 10.7. The Morgan fingerprint density at radius 3 is 2.47 bits per heavy atom. The van der Waals surface area contributed by atoms with Gasteiger partial charge in [-0.3, -0.25) is 10.2 Å². The summed E-state index contributed by atoms with van der Waals surface area (Å²) >= 11 is 0. The fourth-order valence-electron chi connectivity index (χ4n) is 1.27. The van der Waals surface area contributed by atoms with Crippen LogP contribution in [0.3, 0.4) is 0 Å². The zero-order valence-electron chi connectivity index (χ0n) is 9.38. The van der Waals surface area contributed by atoms with Crippen LogP contribution in [0.1, 0.15) is 39.5 Å². The van der Waals surface area contributed by atoms with Gasteiger partial charge in [0.2, 0.25) is 0 Å². The lowest BCUT2D eigenvalue weighted by atomic mass is 10.00. The van der Waals surface area contributed by atoms with E-state index in [9.17, 15) is 9.59 Å². The lowest BCUT2D eigenvalue weighted by Gasteiger charge is -2.14. The van der Waals surface area contributed by atoms with Gasteiger partial charge in [-0.1, -0.05) is 33.1 Å². The fraction of sp³-hybridized carbons (Fsp3) is 0.800. The number of amides is 1. The number of aliphatic carboxylic acids is 1. The van der Waals surface area contributed by atoms with E-state index in [0.717, 1.165) is 25.7 Å². The third kappa shape index (κ3) is 6.90. The summed E-state index contributed by atoms with van der Waals surface area (Å²) in [5.41, 5.74) is 4.78. The van der Waals surface area contributed by atoms with Crippen LogP contribution >= 0.6 is 0 Å². The predicted octanol–water partition coefficient (Wildman–Crippen LogP) is 0.908. The van der Waals surface area contributed by atoms with Crippen molar-refractivity contribution in [3.8, 4) is 0 Å². The highest BCUT2D eigenvalue weighted by Gasteiger charge is 2.11. The first-order valence-electron chi connectivity index (χ1n) is 5.37.